The lowest BCUT2D eigenvalue weighted by Crippen LogP contribution is -2.09. The third-order valence-electron chi connectivity index (χ3n) is 3.29. The van der Waals surface area contributed by atoms with Crippen molar-refractivity contribution < 1.29 is 5.11 Å². The van der Waals surface area contributed by atoms with Crippen molar-refractivity contribution in [3.8, 4) is 0 Å². The zero-order valence-electron chi connectivity index (χ0n) is 11.7. The number of hydrogen-bond donors (Lipinski definition) is 1. The zero-order valence-corrected chi connectivity index (χ0v) is 11.7. The maximum Gasteiger partial charge on any atom is 0.111 e. The Morgan fingerprint density at radius 3 is 2.63 bits per heavy atom. The summed E-state index contributed by atoms with van der Waals surface area (Å²) < 4.78 is 3.71. The summed E-state index contributed by atoms with van der Waals surface area (Å²) in [6, 6.07) is 2.46. The van der Waals surface area contributed by atoms with Gasteiger partial charge in [-0.1, -0.05) is 19.1 Å². The summed E-state index contributed by atoms with van der Waals surface area (Å²) in [6.45, 7) is 6.59. The first-order chi connectivity index (χ1) is 9.13. The highest BCUT2D eigenvalue weighted by atomic mass is 16.3. The molecule has 19 heavy (non-hydrogen) atoms. The van der Waals surface area contributed by atoms with E-state index in [0.717, 1.165) is 18.5 Å². The molecule has 0 fully saturated rings. The summed E-state index contributed by atoms with van der Waals surface area (Å²) in [5, 5.41) is 21.9. The van der Waals surface area contributed by atoms with Crippen LogP contribution in [0.2, 0.25) is 0 Å². The third-order valence-corrected chi connectivity index (χ3v) is 3.29. The van der Waals surface area contributed by atoms with E-state index in [9.17, 15) is 5.11 Å². The Morgan fingerprint density at radius 2 is 2.05 bits per heavy atom. The van der Waals surface area contributed by atoms with Crippen LogP contribution in [-0.2, 0) is 6.54 Å². The minimum absolute atomic E-state index is 0.456. The molecule has 1 N–H and O–H groups in total. The molecule has 0 aromatic carbocycles. The van der Waals surface area contributed by atoms with E-state index in [1.54, 1.807) is 17.8 Å². The van der Waals surface area contributed by atoms with Gasteiger partial charge in [0.05, 0.1) is 30.6 Å². The van der Waals surface area contributed by atoms with Gasteiger partial charge in [0, 0.05) is 6.20 Å². The van der Waals surface area contributed by atoms with Crippen molar-refractivity contribution in [2.45, 2.75) is 52.3 Å². The van der Waals surface area contributed by atoms with Crippen LogP contribution in [0.3, 0.4) is 0 Å². The van der Waals surface area contributed by atoms with Crippen LogP contribution in [0.15, 0.2) is 18.5 Å². The predicted molar refractivity (Wildman–Crippen MR) is 71.6 cm³/mol. The van der Waals surface area contributed by atoms with E-state index in [-0.39, 0.29) is 0 Å². The SMILES string of the molecule is CCC(CC)n1ccc(Cn2cc(C(C)O)nn2)n1. The first-order valence-corrected chi connectivity index (χ1v) is 6.76. The molecular weight excluding hydrogens is 242 g/mol. The first kappa shape index (κ1) is 13.7. The van der Waals surface area contributed by atoms with E-state index in [1.165, 1.54) is 0 Å². The number of aliphatic hydroxyl groups is 1. The van der Waals surface area contributed by atoms with Gasteiger partial charge in [0.15, 0.2) is 0 Å². The average molecular weight is 263 g/mol. The average Bonchev–Trinajstić information content (AvgIpc) is 3.01. The molecule has 2 heterocycles. The number of hydrogen-bond acceptors (Lipinski definition) is 4. The summed E-state index contributed by atoms with van der Waals surface area (Å²) >= 11 is 0. The summed E-state index contributed by atoms with van der Waals surface area (Å²) in [6.07, 6.45) is 5.33. The summed E-state index contributed by atoms with van der Waals surface area (Å²) in [4.78, 5) is 0. The predicted octanol–water partition coefficient (Wildman–Crippen LogP) is 1.94. The maximum atomic E-state index is 9.41. The molecule has 0 saturated carbocycles. The number of aliphatic hydroxyl groups excluding tert-OH is 1. The molecule has 0 aliphatic heterocycles. The maximum absolute atomic E-state index is 9.41. The van der Waals surface area contributed by atoms with Gasteiger partial charge in [0.1, 0.15) is 5.69 Å². The Kier molecular flexibility index (Phi) is 4.31. The minimum atomic E-state index is -0.587. The van der Waals surface area contributed by atoms with Gasteiger partial charge in [-0.3, -0.25) is 4.68 Å². The molecule has 2 aromatic heterocycles. The molecule has 104 valence electrons. The van der Waals surface area contributed by atoms with Crippen molar-refractivity contribution in [3.05, 3.63) is 29.8 Å². The van der Waals surface area contributed by atoms with Crippen LogP contribution in [0.4, 0.5) is 0 Å². The minimum Gasteiger partial charge on any atom is -0.387 e. The largest absolute Gasteiger partial charge is 0.387 e. The van der Waals surface area contributed by atoms with Gasteiger partial charge >= 0.3 is 0 Å². The van der Waals surface area contributed by atoms with Crippen LogP contribution in [0.5, 0.6) is 0 Å². The summed E-state index contributed by atoms with van der Waals surface area (Å²) in [7, 11) is 0. The van der Waals surface area contributed by atoms with Gasteiger partial charge < -0.3 is 5.11 Å². The van der Waals surface area contributed by atoms with Crippen molar-refractivity contribution in [2.75, 3.05) is 0 Å². The van der Waals surface area contributed by atoms with E-state index >= 15 is 0 Å². The van der Waals surface area contributed by atoms with E-state index in [1.807, 2.05) is 16.9 Å². The van der Waals surface area contributed by atoms with Crippen LogP contribution in [-0.4, -0.2) is 29.9 Å². The van der Waals surface area contributed by atoms with E-state index < -0.39 is 6.10 Å². The Labute approximate surface area is 113 Å². The van der Waals surface area contributed by atoms with Crippen molar-refractivity contribution in [3.63, 3.8) is 0 Å². The molecule has 1 unspecified atom stereocenters. The van der Waals surface area contributed by atoms with Gasteiger partial charge in [-0.15, -0.1) is 5.10 Å². The Bertz CT molecular complexity index is 513. The fourth-order valence-electron chi connectivity index (χ4n) is 2.08. The molecule has 0 bridgehead atoms. The quantitative estimate of drug-likeness (QED) is 0.864. The fraction of sp³-hybridized carbons (Fsp3) is 0.615. The van der Waals surface area contributed by atoms with Crippen LogP contribution in [0.1, 0.15) is 57.1 Å². The fourth-order valence-corrected chi connectivity index (χ4v) is 2.08. The molecule has 0 saturated heterocycles. The summed E-state index contributed by atoms with van der Waals surface area (Å²) in [5.41, 5.74) is 1.54. The highest BCUT2D eigenvalue weighted by Crippen LogP contribution is 2.15. The lowest BCUT2D eigenvalue weighted by atomic mass is 10.2. The first-order valence-electron chi connectivity index (χ1n) is 6.76. The van der Waals surface area contributed by atoms with Gasteiger partial charge in [-0.05, 0) is 25.8 Å². The van der Waals surface area contributed by atoms with E-state index in [4.69, 9.17) is 0 Å². The molecule has 0 radical (unpaired) electrons. The van der Waals surface area contributed by atoms with Crippen molar-refractivity contribution in [1.29, 1.82) is 0 Å². The van der Waals surface area contributed by atoms with Gasteiger partial charge in [0.25, 0.3) is 0 Å². The molecule has 0 aliphatic carbocycles. The second-order valence-corrected chi connectivity index (χ2v) is 4.77. The zero-order chi connectivity index (χ0) is 13.8. The molecule has 2 rings (SSSR count). The molecule has 6 heteroatoms. The molecule has 1 atom stereocenters. The van der Waals surface area contributed by atoms with Crippen molar-refractivity contribution in [1.82, 2.24) is 24.8 Å². The van der Waals surface area contributed by atoms with Crippen LogP contribution < -0.4 is 0 Å². The second-order valence-electron chi connectivity index (χ2n) is 4.77. The number of aromatic nitrogens is 5. The standard InChI is InChI=1S/C13H21N5O/c1-4-12(5-2)18-7-6-11(15-18)8-17-9-13(10(3)19)14-16-17/h6-7,9-10,12,19H,4-5,8H2,1-3H3. The van der Waals surface area contributed by atoms with Crippen LogP contribution in [0.25, 0.3) is 0 Å². The van der Waals surface area contributed by atoms with Crippen LogP contribution in [0, 0.1) is 0 Å². The Morgan fingerprint density at radius 1 is 1.32 bits per heavy atom. The normalized spacial score (nSPS) is 13.1. The Balaban J connectivity index is 2.06. The Hall–Kier alpha value is -1.69. The molecule has 0 spiro atoms. The second kappa shape index (κ2) is 5.97. The van der Waals surface area contributed by atoms with Gasteiger partial charge in [-0.2, -0.15) is 5.10 Å². The highest BCUT2D eigenvalue weighted by molar-refractivity contribution is 5.02. The smallest absolute Gasteiger partial charge is 0.111 e. The third kappa shape index (κ3) is 3.20. The molecule has 2 aromatic rings. The molecule has 0 aliphatic rings. The topological polar surface area (TPSA) is 68.8 Å². The van der Waals surface area contributed by atoms with E-state index in [2.05, 4.69) is 29.3 Å². The lowest BCUT2D eigenvalue weighted by molar-refractivity contribution is 0.194. The van der Waals surface area contributed by atoms with Crippen LogP contribution >= 0.6 is 0 Å². The van der Waals surface area contributed by atoms with E-state index in [0.29, 0.717) is 18.3 Å². The van der Waals surface area contributed by atoms with Crippen molar-refractivity contribution in [2.24, 2.45) is 0 Å². The number of rotatable bonds is 6. The molecule has 0 amide bonds. The lowest BCUT2D eigenvalue weighted by Gasteiger charge is -2.12. The molecule has 6 nitrogen and oxygen atoms in total. The monoisotopic (exact) mass is 263 g/mol. The molecular formula is C13H21N5O. The van der Waals surface area contributed by atoms with Gasteiger partial charge in [-0.25, -0.2) is 4.68 Å². The van der Waals surface area contributed by atoms with Crippen molar-refractivity contribution >= 4 is 0 Å². The highest BCUT2D eigenvalue weighted by Gasteiger charge is 2.10. The van der Waals surface area contributed by atoms with Gasteiger partial charge in [0.2, 0.25) is 0 Å². The summed E-state index contributed by atoms with van der Waals surface area (Å²) in [5.74, 6) is 0. The number of nitrogens with zero attached hydrogens (tertiary/aromatic N) is 5.